The Morgan fingerprint density at radius 1 is 1.10 bits per heavy atom. The molecule has 3 fully saturated rings. The Morgan fingerprint density at radius 2 is 1.86 bits per heavy atom. The molecule has 2 unspecified atom stereocenters. The summed E-state index contributed by atoms with van der Waals surface area (Å²) >= 11 is 6.02. The van der Waals surface area contributed by atoms with Crippen LogP contribution in [0.3, 0.4) is 0 Å². The zero-order valence-electron chi connectivity index (χ0n) is 16.5. The minimum Gasteiger partial charge on any atom is -0.374 e. The first-order valence-electron chi connectivity index (χ1n) is 10.4. The highest BCUT2D eigenvalue weighted by Gasteiger charge is 2.37. The van der Waals surface area contributed by atoms with Crippen LogP contribution in [0.2, 0.25) is 5.02 Å². The Kier molecular flexibility index (Phi) is 6.37. The van der Waals surface area contributed by atoms with E-state index in [0.717, 1.165) is 25.3 Å². The lowest BCUT2D eigenvalue weighted by Crippen LogP contribution is -2.58. The summed E-state index contributed by atoms with van der Waals surface area (Å²) < 4.78 is 19.1. The molecule has 3 aliphatic rings. The zero-order chi connectivity index (χ0) is 20.4. The molecule has 2 amide bonds. The van der Waals surface area contributed by atoms with Crippen LogP contribution >= 0.6 is 11.6 Å². The third-order valence-corrected chi connectivity index (χ3v) is 6.55. The van der Waals surface area contributed by atoms with E-state index in [1.165, 1.54) is 18.6 Å². The van der Waals surface area contributed by atoms with Crippen molar-refractivity contribution < 1.29 is 18.7 Å². The summed E-state index contributed by atoms with van der Waals surface area (Å²) in [5.41, 5.74) is 0.314. The van der Waals surface area contributed by atoms with Crippen LogP contribution in [-0.4, -0.2) is 84.5 Å². The lowest BCUT2D eigenvalue weighted by molar-refractivity contribution is -0.150. The predicted molar refractivity (Wildman–Crippen MR) is 107 cm³/mol. The number of benzene rings is 1. The Balaban J connectivity index is 1.30. The fourth-order valence-corrected chi connectivity index (χ4v) is 4.88. The molecule has 29 heavy (non-hydrogen) atoms. The molecule has 1 aromatic rings. The molecule has 158 valence electrons. The number of rotatable bonds is 3. The highest BCUT2D eigenvalue weighted by atomic mass is 35.5. The van der Waals surface area contributed by atoms with Gasteiger partial charge in [0.15, 0.2) is 0 Å². The number of nitrogens with zero attached hydrogens (tertiary/aromatic N) is 3. The smallest absolute Gasteiger partial charge is 0.255 e. The average Bonchev–Trinajstić information content (AvgIpc) is 2.73. The molecular formula is C21H27ClFN3O3. The Bertz CT molecular complexity index is 768. The van der Waals surface area contributed by atoms with Crippen molar-refractivity contribution in [2.45, 2.75) is 37.8 Å². The predicted octanol–water partition coefficient (Wildman–Crippen LogP) is 2.41. The van der Waals surface area contributed by atoms with Gasteiger partial charge in [0.05, 0.1) is 35.9 Å². The van der Waals surface area contributed by atoms with E-state index < -0.39 is 5.82 Å². The Hall–Kier alpha value is -1.70. The molecule has 2 saturated heterocycles. The molecule has 0 N–H and O–H groups in total. The molecule has 1 saturated carbocycles. The second kappa shape index (κ2) is 8.98. The van der Waals surface area contributed by atoms with Gasteiger partial charge < -0.3 is 14.5 Å². The van der Waals surface area contributed by atoms with E-state index in [-0.39, 0.29) is 29.0 Å². The van der Waals surface area contributed by atoms with E-state index in [0.29, 0.717) is 51.4 Å². The van der Waals surface area contributed by atoms with Crippen molar-refractivity contribution in [3.05, 3.63) is 34.6 Å². The third kappa shape index (κ3) is 4.57. The SMILES string of the molecule is O=C(c1ccc(F)cc1Cl)N1CCN(CC(=O)N2CCOC3CCCCC32)CC1. The van der Waals surface area contributed by atoms with Crippen molar-refractivity contribution >= 4 is 23.4 Å². The molecule has 0 bridgehead atoms. The summed E-state index contributed by atoms with van der Waals surface area (Å²) in [4.78, 5) is 31.4. The molecule has 4 rings (SSSR count). The second-order valence-corrected chi connectivity index (χ2v) is 8.45. The lowest BCUT2D eigenvalue weighted by Gasteiger charge is -2.44. The van der Waals surface area contributed by atoms with Crippen molar-refractivity contribution in [2.75, 3.05) is 45.9 Å². The van der Waals surface area contributed by atoms with E-state index in [1.54, 1.807) is 4.90 Å². The van der Waals surface area contributed by atoms with Gasteiger partial charge in [0.2, 0.25) is 5.91 Å². The first-order valence-corrected chi connectivity index (χ1v) is 10.8. The molecule has 6 nitrogen and oxygen atoms in total. The van der Waals surface area contributed by atoms with Crippen LogP contribution in [0.4, 0.5) is 4.39 Å². The Labute approximate surface area is 175 Å². The summed E-state index contributed by atoms with van der Waals surface area (Å²) in [5.74, 6) is -0.496. The number of halogens is 2. The summed E-state index contributed by atoms with van der Waals surface area (Å²) in [6.45, 7) is 3.98. The topological polar surface area (TPSA) is 53.1 Å². The van der Waals surface area contributed by atoms with Gasteiger partial charge in [-0.2, -0.15) is 0 Å². The quantitative estimate of drug-likeness (QED) is 0.749. The largest absolute Gasteiger partial charge is 0.374 e. The monoisotopic (exact) mass is 423 g/mol. The number of morpholine rings is 1. The number of hydrogen-bond donors (Lipinski definition) is 0. The molecule has 2 aliphatic heterocycles. The molecule has 2 heterocycles. The number of hydrogen-bond acceptors (Lipinski definition) is 4. The van der Waals surface area contributed by atoms with Crippen LogP contribution in [-0.2, 0) is 9.53 Å². The van der Waals surface area contributed by atoms with Crippen molar-refractivity contribution in [2.24, 2.45) is 0 Å². The maximum atomic E-state index is 13.2. The summed E-state index contributed by atoms with van der Waals surface area (Å²) in [5, 5.41) is 0.127. The fraction of sp³-hybridized carbons (Fsp3) is 0.619. The number of fused-ring (bicyclic) bond motifs is 1. The van der Waals surface area contributed by atoms with E-state index in [9.17, 15) is 14.0 Å². The first kappa shape index (κ1) is 20.6. The zero-order valence-corrected chi connectivity index (χ0v) is 17.2. The minimum atomic E-state index is -0.460. The maximum Gasteiger partial charge on any atom is 0.255 e. The van der Waals surface area contributed by atoms with Gasteiger partial charge in [-0.1, -0.05) is 24.4 Å². The first-order chi connectivity index (χ1) is 14.0. The number of piperazine rings is 1. The van der Waals surface area contributed by atoms with E-state index >= 15 is 0 Å². The van der Waals surface area contributed by atoms with Crippen molar-refractivity contribution in [1.82, 2.24) is 14.7 Å². The maximum absolute atomic E-state index is 13.2. The van der Waals surface area contributed by atoms with Crippen LogP contribution in [0.5, 0.6) is 0 Å². The minimum absolute atomic E-state index is 0.127. The number of carbonyl (C=O) groups excluding carboxylic acids is 2. The van der Waals surface area contributed by atoms with Crippen LogP contribution in [0.25, 0.3) is 0 Å². The molecule has 2 atom stereocenters. The molecule has 1 aliphatic carbocycles. The highest BCUT2D eigenvalue weighted by molar-refractivity contribution is 6.33. The van der Waals surface area contributed by atoms with E-state index in [4.69, 9.17) is 16.3 Å². The Morgan fingerprint density at radius 3 is 2.62 bits per heavy atom. The molecule has 0 spiro atoms. The van der Waals surface area contributed by atoms with E-state index in [2.05, 4.69) is 4.90 Å². The van der Waals surface area contributed by atoms with Gasteiger partial charge in [-0.15, -0.1) is 0 Å². The standard InChI is InChI=1S/C21H27ClFN3O3/c22-17-13-15(23)5-6-16(17)21(28)25-9-7-24(8-10-25)14-20(27)26-11-12-29-19-4-2-1-3-18(19)26/h5-6,13,18-19H,1-4,7-12,14H2. The summed E-state index contributed by atoms with van der Waals surface area (Å²) in [6, 6.07) is 4.04. The lowest BCUT2D eigenvalue weighted by atomic mass is 9.90. The van der Waals surface area contributed by atoms with Crippen molar-refractivity contribution in [1.29, 1.82) is 0 Å². The van der Waals surface area contributed by atoms with Gasteiger partial charge in [-0.05, 0) is 31.0 Å². The van der Waals surface area contributed by atoms with Gasteiger partial charge in [0, 0.05) is 32.7 Å². The second-order valence-electron chi connectivity index (χ2n) is 8.04. The van der Waals surface area contributed by atoms with Crippen LogP contribution < -0.4 is 0 Å². The average molecular weight is 424 g/mol. The molecule has 8 heteroatoms. The van der Waals surface area contributed by atoms with Crippen molar-refractivity contribution in [3.63, 3.8) is 0 Å². The van der Waals surface area contributed by atoms with Crippen LogP contribution in [0.15, 0.2) is 18.2 Å². The number of amides is 2. The number of carbonyl (C=O) groups is 2. The number of ether oxygens (including phenoxy) is 1. The van der Waals surface area contributed by atoms with Crippen LogP contribution in [0.1, 0.15) is 36.0 Å². The van der Waals surface area contributed by atoms with Gasteiger partial charge in [0.1, 0.15) is 5.82 Å². The van der Waals surface area contributed by atoms with Gasteiger partial charge in [-0.25, -0.2) is 4.39 Å². The third-order valence-electron chi connectivity index (χ3n) is 6.23. The highest BCUT2D eigenvalue weighted by Crippen LogP contribution is 2.28. The van der Waals surface area contributed by atoms with E-state index in [1.807, 2.05) is 4.90 Å². The normalized spacial score (nSPS) is 25.6. The molecule has 1 aromatic carbocycles. The molecule has 0 aromatic heterocycles. The molecular weight excluding hydrogens is 397 g/mol. The fourth-order valence-electron chi connectivity index (χ4n) is 4.63. The van der Waals surface area contributed by atoms with Gasteiger partial charge >= 0.3 is 0 Å². The van der Waals surface area contributed by atoms with Crippen LogP contribution in [0, 0.1) is 5.82 Å². The molecule has 0 radical (unpaired) electrons. The van der Waals surface area contributed by atoms with Crippen molar-refractivity contribution in [3.8, 4) is 0 Å². The summed E-state index contributed by atoms with van der Waals surface area (Å²) in [7, 11) is 0. The van der Waals surface area contributed by atoms with Gasteiger partial charge in [-0.3, -0.25) is 14.5 Å². The van der Waals surface area contributed by atoms with Gasteiger partial charge in [0.25, 0.3) is 5.91 Å². The summed E-state index contributed by atoms with van der Waals surface area (Å²) in [6.07, 6.45) is 4.59.